The molecule has 1 fully saturated rings. The Morgan fingerprint density at radius 2 is 1.91 bits per heavy atom. The van der Waals surface area contributed by atoms with Gasteiger partial charge in [0.25, 0.3) is 0 Å². The van der Waals surface area contributed by atoms with E-state index in [1.165, 1.54) is 12.8 Å². The summed E-state index contributed by atoms with van der Waals surface area (Å²) in [4.78, 5) is 14.4. The highest BCUT2D eigenvalue weighted by Gasteiger charge is 2.23. The molecule has 0 N–H and O–H groups in total. The summed E-state index contributed by atoms with van der Waals surface area (Å²) in [5.41, 5.74) is 0.815. The van der Waals surface area contributed by atoms with Gasteiger partial charge in [0.1, 0.15) is 0 Å². The van der Waals surface area contributed by atoms with Gasteiger partial charge in [-0.15, -0.1) is 0 Å². The van der Waals surface area contributed by atoms with Crippen LogP contribution in [-0.4, -0.2) is 30.7 Å². The van der Waals surface area contributed by atoms with Crippen LogP contribution in [0.3, 0.4) is 0 Å². The second-order valence-corrected chi connectivity index (χ2v) is 5.79. The average molecular weight is 300 g/mol. The van der Waals surface area contributed by atoms with Crippen LogP contribution in [0.2, 0.25) is 0 Å². The molecule has 5 heteroatoms. The smallest absolute Gasteiger partial charge is 0.231 e. The first-order valence-electron chi connectivity index (χ1n) is 7.85. The quantitative estimate of drug-likeness (QED) is 0.861. The van der Waals surface area contributed by atoms with Gasteiger partial charge >= 0.3 is 0 Å². The lowest BCUT2D eigenvalue weighted by Gasteiger charge is -2.21. The van der Waals surface area contributed by atoms with Crippen LogP contribution in [0.5, 0.6) is 11.5 Å². The molecule has 3 rings (SSSR count). The van der Waals surface area contributed by atoms with Crippen molar-refractivity contribution in [1.29, 1.82) is 5.26 Å². The first kappa shape index (κ1) is 14.7. The van der Waals surface area contributed by atoms with Crippen LogP contribution in [0.1, 0.15) is 43.6 Å². The van der Waals surface area contributed by atoms with E-state index in [1.807, 2.05) is 17.0 Å². The Hall–Kier alpha value is -2.22. The fourth-order valence-electron chi connectivity index (χ4n) is 2.99. The predicted octanol–water partition coefficient (Wildman–Crippen LogP) is 2.82. The van der Waals surface area contributed by atoms with Crippen molar-refractivity contribution in [3.8, 4) is 17.6 Å². The SMILES string of the molecule is N#CC(CC(=O)N1CCCCCC1)c1ccc2c(c1)OCO2. The highest BCUT2D eigenvalue weighted by Crippen LogP contribution is 2.35. The molecule has 1 unspecified atom stereocenters. The minimum absolute atomic E-state index is 0.0751. The van der Waals surface area contributed by atoms with Gasteiger partial charge in [-0.05, 0) is 30.5 Å². The molecule has 0 aromatic heterocycles. The van der Waals surface area contributed by atoms with Crippen molar-refractivity contribution >= 4 is 5.91 Å². The summed E-state index contributed by atoms with van der Waals surface area (Å²) in [5, 5.41) is 9.44. The Bertz CT molecular complexity index is 586. The van der Waals surface area contributed by atoms with Gasteiger partial charge < -0.3 is 14.4 Å². The van der Waals surface area contributed by atoms with Crippen LogP contribution in [-0.2, 0) is 4.79 Å². The topological polar surface area (TPSA) is 62.6 Å². The van der Waals surface area contributed by atoms with E-state index in [-0.39, 0.29) is 19.1 Å². The zero-order valence-corrected chi connectivity index (χ0v) is 12.6. The number of likely N-dealkylation sites (tertiary alicyclic amines) is 1. The van der Waals surface area contributed by atoms with Crippen molar-refractivity contribution in [3.63, 3.8) is 0 Å². The van der Waals surface area contributed by atoms with E-state index in [2.05, 4.69) is 6.07 Å². The standard InChI is InChI=1S/C17H20N2O3/c18-11-14(10-17(20)19-7-3-1-2-4-8-19)13-5-6-15-16(9-13)22-12-21-15/h5-6,9,14H,1-4,7-8,10,12H2. The van der Waals surface area contributed by atoms with Gasteiger partial charge in [0.2, 0.25) is 12.7 Å². The minimum atomic E-state index is -0.440. The third-order valence-electron chi connectivity index (χ3n) is 4.29. The summed E-state index contributed by atoms with van der Waals surface area (Å²) in [6, 6.07) is 7.71. The van der Waals surface area contributed by atoms with Crippen molar-refractivity contribution in [1.82, 2.24) is 4.90 Å². The Morgan fingerprint density at radius 1 is 1.18 bits per heavy atom. The zero-order valence-electron chi connectivity index (χ0n) is 12.6. The first-order valence-corrected chi connectivity index (χ1v) is 7.85. The van der Waals surface area contributed by atoms with Crippen molar-refractivity contribution in [3.05, 3.63) is 23.8 Å². The Labute approximate surface area is 130 Å². The fourth-order valence-corrected chi connectivity index (χ4v) is 2.99. The van der Waals surface area contributed by atoms with Crippen LogP contribution in [0, 0.1) is 11.3 Å². The largest absolute Gasteiger partial charge is 0.454 e. The monoisotopic (exact) mass is 300 g/mol. The summed E-state index contributed by atoms with van der Waals surface area (Å²) in [5.74, 6) is 0.982. The van der Waals surface area contributed by atoms with Crippen molar-refractivity contribution in [2.24, 2.45) is 0 Å². The number of carbonyl (C=O) groups is 1. The summed E-state index contributed by atoms with van der Waals surface area (Å²) < 4.78 is 10.6. The molecule has 2 aliphatic rings. The molecule has 22 heavy (non-hydrogen) atoms. The zero-order chi connectivity index (χ0) is 15.4. The third kappa shape index (κ3) is 3.16. The molecule has 1 aromatic rings. The van der Waals surface area contributed by atoms with Crippen LogP contribution in [0.25, 0.3) is 0 Å². The lowest BCUT2D eigenvalue weighted by atomic mass is 9.96. The Kier molecular flexibility index (Phi) is 4.47. The van der Waals surface area contributed by atoms with Gasteiger partial charge in [0.15, 0.2) is 11.5 Å². The van der Waals surface area contributed by atoms with E-state index in [1.54, 1.807) is 6.07 Å². The van der Waals surface area contributed by atoms with E-state index in [0.717, 1.165) is 31.5 Å². The van der Waals surface area contributed by atoms with Crippen LogP contribution >= 0.6 is 0 Å². The Balaban J connectivity index is 1.69. The Morgan fingerprint density at radius 3 is 2.64 bits per heavy atom. The third-order valence-corrected chi connectivity index (χ3v) is 4.29. The second-order valence-electron chi connectivity index (χ2n) is 5.79. The van der Waals surface area contributed by atoms with Gasteiger partial charge in [-0.1, -0.05) is 18.9 Å². The van der Waals surface area contributed by atoms with Crippen LogP contribution in [0.15, 0.2) is 18.2 Å². The summed E-state index contributed by atoms with van der Waals surface area (Å²) >= 11 is 0. The van der Waals surface area contributed by atoms with Gasteiger partial charge in [-0.25, -0.2) is 0 Å². The number of amides is 1. The van der Waals surface area contributed by atoms with Gasteiger partial charge in [0, 0.05) is 19.5 Å². The van der Waals surface area contributed by atoms with Crippen LogP contribution in [0.4, 0.5) is 0 Å². The molecule has 116 valence electrons. The van der Waals surface area contributed by atoms with E-state index >= 15 is 0 Å². The molecule has 0 aliphatic carbocycles. The van der Waals surface area contributed by atoms with Crippen LogP contribution < -0.4 is 9.47 Å². The number of hydrogen-bond donors (Lipinski definition) is 0. The number of rotatable bonds is 3. The van der Waals surface area contributed by atoms with E-state index in [9.17, 15) is 10.1 Å². The molecule has 1 saturated heterocycles. The lowest BCUT2D eigenvalue weighted by Crippen LogP contribution is -2.32. The molecule has 1 amide bonds. The molecule has 1 aromatic carbocycles. The number of ether oxygens (including phenoxy) is 2. The highest BCUT2D eigenvalue weighted by atomic mass is 16.7. The molecule has 2 heterocycles. The molecule has 2 aliphatic heterocycles. The molecule has 5 nitrogen and oxygen atoms in total. The lowest BCUT2D eigenvalue weighted by molar-refractivity contribution is -0.131. The molecule has 0 saturated carbocycles. The minimum Gasteiger partial charge on any atom is -0.454 e. The maximum Gasteiger partial charge on any atom is 0.231 e. The number of benzene rings is 1. The summed E-state index contributed by atoms with van der Waals surface area (Å²) in [7, 11) is 0. The summed E-state index contributed by atoms with van der Waals surface area (Å²) in [6.45, 7) is 1.85. The van der Waals surface area contributed by atoms with E-state index in [0.29, 0.717) is 11.5 Å². The number of nitriles is 1. The number of nitrogens with zero attached hydrogens (tertiary/aromatic N) is 2. The number of hydrogen-bond acceptors (Lipinski definition) is 4. The molecule has 0 spiro atoms. The molecular weight excluding hydrogens is 280 g/mol. The maximum atomic E-state index is 12.4. The second kappa shape index (κ2) is 6.69. The average Bonchev–Trinajstić information content (AvgIpc) is 2.83. The van der Waals surface area contributed by atoms with Crippen molar-refractivity contribution < 1.29 is 14.3 Å². The normalized spacial score (nSPS) is 18.4. The maximum absolute atomic E-state index is 12.4. The van der Waals surface area contributed by atoms with Crippen molar-refractivity contribution in [2.45, 2.75) is 38.0 Å². The van der Waals surface area contributed by atoms with Gasteiger partial charge in [-0.2, -0.15) is 5.26 Å². The highest BCUT2D eigenvalue weighted by molar-refractivity contribution is 5.77. The molecule has 0 radical (unpaired) electrons. The van der Waals surface area contributed by atoms with E-state index in [4.69, 9.17) is 9.47 Å². The van der Waals surface area contributed by atoms with Gasteiger partial charge in [-0.3, -0.25) is 4.79 Å². The molecule has 1 atom stereocenters. The molecule has 0 bridgehead atoms. The first-order chi connectivity index (χ1) is 10.8. The predicted molar refractivity (Wildman–Crippen MR) is 80.6 cm³/mol. The fraction of sp³-hybridized carbons (Fsp3) is 0.529. The molecular formula is C17H20N2O3. The number of fused-ring (bicyclic) bond motifs is 1. The van der Waals surface area contributed by atoms with Gasteiger partial charge in [0.05, 0.1) is 12.0 Å². The van der Waals surface area contributed by atoms with E-state index < -0.39 is 5.92 Å². The summed E-state index contributed by atoms with van der Waals surface area (Å²) in [6.07, 6.45) is 4.73. The van der Waals surface area contributed by atoms with Crippen molar-refractivity contribution in [2.75, 3.05) is 19.9 Å². The number of carbonyl (C=O) groups excluding carboxylic acids is 1.